The Morgan fingerprint density at radius 3 is 2.84 bits per heavy atom. The maximum Gasteiger partial charge on any atom is 0.237 e. The van der Waals surface area contributed by atoms with Crippen molar-refractivity contribution in [1.29, 1.82) is 0 Å². The minimum absolute atomic E-state index is 0.0572. The molecule has 1 saturated heterocycles. The van der Waals surface area contributed by atoms with Gasteiger partial charge >= 0.3 is 0 Å². The molecule has 2 N–H and O–H groups in total. The van der Waals surface area contributed by atoms with Crippen molar-refractivity contribution >= 4 is 5.91 Å². The third kappa shape index (κ3) is 3.07. The molecule has 1 aromatic carbocycles. The first kappa shape index (κ1) is 13.9. The Morgan fingerprint density at radius 1 is 1.47 bits per heavy atom. The standard InChI is InChI=1S/C15H22N2O2/c1-10-8-9-16-14(10)15(18)17-11(2)12-6-4-5-7-13(12)19-3/h4-7,10-11,14,16H,8-9H2,1-3H3,(H,17,18)/t10?,11-,14?/m0/s1. The van der Waals surface area contributed by atoms with Gasteiger partial charge in [0.05, 0.1) is 19.2 Å². The van der Waals surface area contributed by atoms with E-state index in [4.69, 9.17) is 4.74 Å². The summed E-state index contributed by atoms with van der Waals surface area (Å²) in [4.78, 5) is 12.2. The molecular formula is C15H22N2O2. The first-order chi connectivity index (χ1) is 9.13. The SMILES string of the molecule is COc1ccccc1[C@H](C)NC(=O)C1NCCC1C. The van der Waals surface area contributed by atoms with E-state index >= 15 is 0 Å². The molecule has 1 aliphatic heterocycles. The summed E-state index contributed by atoms with van der Waals surface area (Å²) in [5, 5.41) is 6.31. The monoisotopic (exact) mass is 262 g/mol. The van der Waals surface area contributed by atoms with E-state index in [1.54, 1.807) is 7.11 Å². The third-order valence-electron chi connectivity index (χ3n) is 3.78. The Bertz CT molecular complexity index is 448. The highest BCUT2D eigenvalue weighted by Crippen LogP contribution is 2.25. The van der Waals surface area contributed by atoms with Crippen LogP contribution in [-0.2, 0) is 4.79 Å². The Labute approximate surface area is 114 Å². The zero-order valence-electron chi connectivity index (χ0n) is 11.8. The predicted octanol–water partition coefficient (Wildman–Crippen LogP) is 1.87. The van der Waals surface area contributed by atoms with Gasteiger partial charge in [0.1, 0.15) is 5.75 Å². The molecule has 0 saturated carbocycles. The van der Waals surface area contributed by atoms with Crippen LogP contribution in [0, 0.1) is 5.92 Å². The van der Waals surface area contributed by atoms with Gasteiger partial charge in [-0.2, -0.15) is 0 Å². The number of ether oxygens (including phenoxy) is 1. The summed E-state index contributed by atoms with van der Waals surface area (Å²) in [5.41, 5.74) is 1.00. The largest absolute Gasteiger partial charge is 0.496 e. The van der Waals surface area contributed by atoms with Crippen LogP contribution in [0.25, 0.3) is 0 Å². The lowest BCUT2D eigenvalue weighted by Gasteiger charge is -2.21. The number of rotatable bonds is 4. The van der Waals surface area contributed by atoms with E-state index in [0.717, 1.165) is 24.3 Å². The zero-order chi connectivity index (χ0) is 13.8. The molecule has 4 heteroatoms. The van der Waals surface area contributed by atoms with Gasteiger partial charge in [0.15, 0.2) is 0 Å². The summed E-state index contributed by atoms with van der Waals surface area (Å²) in [6, 6.07) is 7.65. The fraction of sp³-hybridized carbons (Fsp3) is 0.533. The fourth-order valence-electron chi connectivity index (χ4n) is 2.59. The second-order valence-corrected chi connectivity index (χ2v) is 5.17. The van der Waals surface area contributed by atoms with Gasteiger partial charge in [0, 0.05) is 5.56 Å². The van der Waals surface area contributed by atoms with Crippen LogP contribution in [0.15, 0.2) is 24.3 Å². The van der Waals surface area contributed by atoms with E-state index in [2.05, 4.69) is 17.6 Å². The van der Waals surface area contributed by atoms with Crippen LogP contribution in [0.1, 0.15) is 31.9 Å². The molecule has 1 amide bonds. The smallest absolute Gasteiger partial charge is 0.237 e. The fourth-order valence-corrected chi connectivity index (χ4v) is 2.59. The van der Waals surface area contributed by atoms with Gasteiger partial charge < -0.3 is 15.4 Å². The average Bonchev–Trinajstić information content (AvgIpc) is 2.85. The van der Waals surface area contributed by atoms with E-state index in [1.165, 1.54) is 0 Å². The van der Waals surface area contributed by atoms with Crippen LogP contribution < -0.4 is 15.4 Å². The summed E-state index contributed by atoms with van der Waals surface area (Å²) in [6.45, 7) is 5.01. The molecule has 1 aliphatic rings. The molecule has 2 unspecified atom stereocenters. The van der Waals surface area contributed by atoms with Crippen molar-refractivity contribution in [2.24, 2.45) is 5.92 Å². The van der Waals surface area contributed by atoms with Gasteiger partial charge in [-0.1, -0.05) is 25.1 Å². The average molecular weight is 262 g/mol. The van der Waals surface area contributed by atoms with Crippen molar-refractivity contribution in [2.75, 3.05) is 13.7 Å². The molecule has 19 heavy (non-hydrogen) atoms. The second-order valence-electron chi connectivity index (χ2n) is 5.17. The number of amides is 1. The third-order valence-corrected chi connectivity index (χ3v) is 3.78. The molecule has 1 fully saturated rings. The predicted molar refractivity (Wildman–Crippen MR) is 75.1 cm³/mol. The highest BCUT2D eigenvalue weighted by Gasteiger charge is 2.30. The molecular weight excluding hydrogens is 240 g/mol. The van der Waals surface area contributed by atoms with Gasteiger partial charge in [-0.05, 0) is 31.9 Å². The summed E-state index contributed by atoms with van der Waals surface area (Å²) >= 11 is 0. The van der Waals surface area contributed by atoms with Crippen molar-refractivity contribution in [1.82, 2.24) is 10.6 Å². The minimum Gasteiger partial charge on any atom is -0.496 e. The maximum absolute atomic E-state index is 12.2. The van der Waals surface area contributed by atoms with E-state index < -0.39 is 0 Å². The lowest BCUT2D eigenvalue weighted by Crippen LogP contribution is -2.44. The van der Waals surface area contributed by atoms with Gasteiger partial charge in [-0.25, -0.2) is 0 Å². The van der Waals surface area contributed by atoms with Crippen molar-refractivity contribution in [3.63, 3.8) is 0 Å². The van der Waals surface area contributed by atoms with E-state index in [0.29, 0.717) is 5.92 Å². The van der Waals surface area contributed by atoms with E-state index in [1.807, 2.05) is 31.2 Å². The summed E-state index contributed by atoms with van der Waals surface area (Å²) < 4.78 is 5.33. The molecule has 0 radical (unpaired) electrons. The van der Waals surface area contributed by atoms with Crippen LogP contribution in [0.2, 0.25) is 0 Å². The summed E-state index contributed by atoms with van der Waals surface area (Å²) in [6.07, 6.45) is 1.06. The highest BCUT2D eigenvalue weighted by molar-refractivity contribution is 5.82. The van der Waals surface area contributed by atoms with E-state index in [-0.39, 0.29) is 18.0 Å². The molecule has 104 valence electrons. The maximum atomic E-state index is 12.2. The highest BCUT2D eigenvalue weighted by atomic mass is 16.5. The van der Waals surface area contributed by atoms with Crippen LogP contribution in [0.3, 0.4) is 0 Å². The van der Waals surface area contributed by atoms with Crippen molar-refractivity contribution < 1.29 is 9.53 Å². The first-order valence-electron chi connectivity index (χ1n) is 6.80. The first-order valence-corrected chi connectivity index (χ1v) is 6.80. The Hall–Kier alpha value is -1.55. The van der Waals surface area contributed by atoms with Gasteiger partial charge in [0.2, 0.25) is 5.91 Å². The van der Waals surface area contributed by atoms with Crippen molar-refractivity contribution in [3.8, 4) is 5.75 Å². The number of para-hydroxylation sites is 1. The lowest BCUT2D eigenvalue weighted by atomic mass is 10.0. The summed E-state index contributed by atoms with van der Waals surface area (Å²) in [7, 11) is 1.65. The molecule has 3 atom stereocenters. The number of carbonyl (C=O) groups excluding carboxylic acids is 1. The molecule has 0 aromatic heterocycles. The molecule has 1 aromatic rings. The number of nitrogens with one attached hydrogen (secondary N) is 2. The lowest BCUT2D eigenvalue weighted by molar-refractivity contribution is -0.124. The van der Waals surface area contributed by atoms with Crippen LogP contribution in [0.4, 0.5) is 0 Å². The number of benzene rings is 1. The van der Waals surface area contributed by atoms with Gasteiger partial charge in [-0.15, -0.1) is 0 Å². The Morgan fingerprint density at radius 2 is 2.21 bits per heavy atom. The molecule has 4 nitrogen and oxygen atoms in total. The molecule has 0 bridgehead atoms. The van der Waals surface area contributed by atoms with Crippen LogP contribution in [0.5, 0.6) is 5.75 Å². The number of methoxy groups -OCH3 is 1. The summed E-state index contributed by atoms with van der Waals surface area (Å²) in [5.74, 6) is 1.27. The molecule has 0 aliphatic carbocycles. The van der Waals surface area contributed by atoms with E-state index in [9.17, 15) is 4.79 Å². The van der Waals surface area contributed by atoms with Crippen LogP contribution >= 0.6 is 0 Å². The van der Waals surface area contributed by atoms with Crippen LogP contribution in [-0.4, -0.2) is 25.6 Å². The Balaban J connectivity index is 2.04. The topological polar surface area (TPSA) is 50.4 Å². The Kier molecular flexibility index (Phi) is 4.43. The quantitative estimate of drug-likeness (QED) is 0.871. The van der Waals surface area contributed by atoms with Gasteiger partial charge in [-0.3, -0.25) is 4.79 Å². The minimum atomic E-state index is -0.0721. The normalized spacial score (nSPS) is 23.9. The number of hydrogen-bond acceptors (Lipinski definition) is 3. The number of carbonyl (C=O) groups is 1. The van der Waals surface area contributed by atoms with Crippen molar-refractivity contribution in [3.05, 3.63) is 29.8 Å². The molecule has 2 rings (SSSR count). The van der Waals surface area contributed by atoms with Gasteiger partial charge in [0.25, 0.3) is 0 Å². The second kappa shape index (κ2) is 6.06. The zero-order valence-corrected chi connectivity index (χ0v) is 11.8. The number of hydrogen-bond donors (Lipinski definition) is 2. The molecule has 1 heterocycles. The molecule has 0 spiro atoms. The van der Waals surface area contributed by atoms with Crippen molar-refractivity contribution in [2.45, 2.75) is 32.4 Å².